The van der Waals surface area contributed by atoms with E-state index in [1.54, 1.807) is 17.3 Å². The molecular formula is C14H15N3O2S. The van der Waals surface area contributed by atoms with E-state index in [4.69, 9.17) is 4.74 Å². The molecule has 20 heavy (non-hydrogen) atoms. The maximum absolute atomic E-state index is 12.3. The molecule has 5 nitrogen and oxygen atoms in total. The molecule has 0 aromatic carbocycles. The maximum Gasteiger partial charge on any atom is 0.273 e. The SMILES string of the molecule is Cc1ccncc1-c1nc(C(=O)N2CCOCC2)cs1. The molecule has 2 aromatic heterocycles. The fraction of sp³-hybridized carbons (Fsp3) is 0.357. The molecule has 3 heterocycles. The van der Waals surface area contributed by atoms with E-state index in [0.717, 1.165) is 16.1 Å². The van der Waals surface area contributed by atoms with Crippen molar-refractivity contribution in [3.05, 3.63) is 35.1 Å². The van der Waals surface area contributed by atoms with Crippen LogP contribution >= 0.6 is 11.3 Å². The number of thiazole rings is 1. The first kappa shape index (κ1) is 13.2. The predicted octanol–water partition coefficient (Wildman–Crippen LogP) is 1.99. The van der Waals surface area contributed by atoms with Crippen molar-refractivity contribution in [3.63, 3.8) is 0 Å². The number of carbonyl (C=O) groups excluding carboxylic acids is 1. The number of hydrogen-bond acceptors (Lipinski definition) is 5. The fourth-order valence-corrected chi connectivity index (χ4v) is 2.98. The summed E-state index contributed by atoms with van der Waals surface area (Å²) in [5.41, 5.74) is 2.61. The largest absolute Gasteiger partial charge is 0.378 e. The monoisotopic (exact) mass is 289 g/mol. The standard InChI is InChI=1S/C14H15N3O2S/c1-10-2-3-15-8-11(10)13-16-12(9-20-13)14(18)17-4-6-19-7-5-17/h2-3,8-9H,4-7H2,1H3. The Morgan fingerprint density at radius 2 is 2.20 bits per heavy atom. The van der Waals surface area contributed by atoms with Crippen molar-refractivity contribution in [1.29, 1.82) is 0 Å². The van der Waals surface area contributed by atoms with E-state index in [0.29, 0.717) is 32.0 Å². The molecule has 1 fully saturated rings. The van der Waals surface area contributed by atoms with Crippen molar-refractivity contribution in [1.82, 2.24) is 14.9 Å². The topological polar surface area (TPSA) is 55.3 Å². The lowest BCUT2D eigenvalue weighted by molar-refractivity contribution is 0.0299. The van der Waals surface area contributed by atoms with Crippen LogP contribution in [0.4, 0.5) is 0 Å². The van der Waals surface area contributed by atoms with Crippen LogP contribution in [0.1, 0.15) is 16.1 Å². The van der Waals surface area contributed by atoms with Gasteiger partial charge in [-0.1, -0.05) is 0 Å². The normalized spacial score (nSPS) is 15.3. The van der Waals surface area contributed by atoms with Crippen molar-refractivity contribution in [2.45, 2.75) is 6.92 Å². The third-order valence-electron chi connectivity index (χ3n) is 3.29. The number of carbonyl (C=O) groups is 1. The van der Waals surface area contributed by atoms with Crippen LogP contribution in [-0.4, -0.2) is 47.1 Å². The number of pyridine rings is 1. The van der Waals surface area contributed by atoms with Gasteiger partial charge in [0, 0.05) is 36.4 Å². The molecular weight excluding hydrogens is 274 g/mol. The maximum atomic E-state index is 12.3. The number of aromatic nitrogens is 2. The molecule has 0 saturated carbocycles. The second-order valence-electron chi connectivity index (χ2n) is 4.63. The quantitative estimate of drug-likeness (QED) is 0.848. The molecule has 0 radical (unpaired) electrons. The predicted molar refractivity (Wildman–Crippen MR) is 76.8 cm³/mol. The van der Waals surface area contributed by atoms with Gasteiger partial charge >= 0.3 is 0 Å². The van der Waals surface area contributed by atoms with Gasteiger partial charge < -0.3 is 9.64 Å². The molecule has 0 atom stereocenters. The van der Waals surface area contributed by atoms with Crippen molar-refractivity contribution in [3.8, 4) is 10.6 Å². The zero-order chi connectivity index (χ0) is 13.9. The van der Waals surface area contributed by atoms with Crippen molar-refractivity contribution in [2.24, 2.45) is 0 Å². The molecule has 0 aliphatic carbocycles. The highest BCUT2D eigenvalue weighted by atomic mass is 32.1. The first-order valence-corrected chi connectivity index (χ1v) is 7.37. The van der Waals surface area contributed by atoms with Gasteiger partial charge in [-0.15, -0.1) is 11.3 Å². The van der Waals surface area contributed by atoms with E-state index < -0.39 is 0 Å². The summed E-state index contributed by atoms with van der Waals surface area (Å²) in [5, 5.41) is 2.66. The van der Waals surface area contributed by atoms with Gasteiger partial charge in [-0.05, 0) is 18.6 Å². The molecule has 1 aliphatic heterocycles. The van der Waals surface area contributed by atoms with Gasteiger partial charge in [-0.25, -0.2) is 4.98 Å². The number of rotatable bonds is 2. The van der Waals surface area contributed by atoms with E-state index in [1.807, 2.05) is 18.4 Å². The van der Waals surface area contributed by atoms with E-state index in [2.05, 4.69) is 9.97 Å². The van der Waals surface area contributed by atoms with Crippen molar-refractivity contribution < 1.29 is 9.53 Å². The summed E-state index contributed by atoms with van der Waals surface area (Å²) < 4.78 is 5.26. The lowest BCUT2D eigenvalue weighted by Crippen LogP contribution is -2.40. The summed E-state index contributed by atoms with van der Waals surface area (Å²) in [6.45, 7) is 4.49. The van der Waals surface area contributed by atoms with Crippen molar-refractivity contribution >= 4 is 17.2 Å². The van der Waals surface area contributed by atoms with Gasteiger partial charge in [0.2, 0.25) is 0 Å². The highest BCUT2D eigenvalue weighted by Crippen LogP contribution is 2.26. The highest BCUT2D eigenvalue weighted by molar-refractivity contribution is 7.13. The Balaban J connectivity index is 1.83. The van der Waals surface area contributed by atoms with Gasteiger partial charge in [0.05, 0.1) is 13.2 Å². The Morgan fingerprint density at radius 3 is 2.95 bits per heavy atom. The molecule has 1 aliphatic rings. The first-order valence-electron chi connectivity index (χ1n) is 6.49. The molecule has 1 amide bonds. The van der Waals surface area contributed by atoms with Crippen LogP contribution in [0.5, 0.6) is 0 Å². The minimum Gasteiger partial charge on any atom is -0.378 e. The zero-order valence-electron chi connectivity index (χ0n) is 11.2. The van der Waals surface area contributed by atoms with Crippen LogP contribution in [-0.2, 0) is 4.74 Å². The average molecular weight is 289 g/mol. The second kappa shape index (κ2) is 5.68. The molecule has 1 saturated heterocycles. The smallest absolute Gasteiger partial charge is 0.273 e. The Kier molecular flexibility index (Phi) is 3.75. The summed E-state index contributed by atoms with van der Waals surface area (Å²) in [6, 6.07) is 1.94. The van der Waals surface area contributed by atoms with E-state index in [-0.39, 0.29) is 5.91 Å². The Morgan fingerprint density at radius 1 is 1.40 bits per heavy atom. The number of amides is 1. The average Bonchev–Trinajstić information content (AvgIpc) is 2.97. The van der Waals surface area contributed by atoms with Gasteiger partial charge in [0.15, 0.2) is 0 Å². The molecule has 104 valence electrons. The van der Waals surface area contributed by atoms with Gasteiger partial charge in [-0.3, -0.25) is 9.78 Å². The third kappa shape index (κ3) is 2.57. The lowest BCUT2D eigenvalue weighted by Gasteiger charge is -2.25. The molecule has 3 rings (SSSR count). The fourth-order valence-electron chi connectivity index (χ4n) is 2.11. The Labute approximate surface area is 121 Å². The summed E-state index contributed by atoms with van der Waals surface area (Å²) in [4.78, 5) is 22.7. The number of ether oxygens (including phenoxy) is 1. The van der Waals surface area contributed by atoms with Crippen LogP contribution in [0.2, 0.25) is 0 Å². The third-order valence-corrected chi connectivity index (χ3v) is 4.17. The Hall–Kier alpha value is -1.79. The number of morpholine rings is 1. The van der Waals surface area contributed by atoms with E-state index in [9.17, 15) is 4.79 Å². The lowest BCUT2D eigenvalue weighted by atomic mass is 10.2. The molecule has 0 unspecified atom stereocenters. The van der Waals surface area contributed by atoms with Crippen LogP contribution in [0.25, 0.3) is 10.6 Å². The minimum absolute atomic E-state index is 0.0163. The molecule has 0 bridgehead atoms. The number of nitrogens with zero attached hydrogens (tertiary/aromatic N) is 3. The number of aryl methyl sites for hydroxylation is 1. The van der Waals surface area contributed by atoms with Crippen molar-refractivity contribution in [2.75, 3.05) is 26.3 Å². The molecule has 0 spiro atoms. The van der Waals surface area contributed by atoms with E-state index >= 15 is 0 Å². The second-order valence-corrected chi connectivity index (χ2v) is 5.49. The van der Waals surface area contributed by atoms with Crippen LogP contribution in [0.15, 0.2) is 23.8 Å². The summed E-state index contributed by atoms with van der Waals surface area (Å²) in [7, 11) is 0. The number of hydrogen-bond donors (Lipinski definition) is 0. The van der Waals surface area contributed by atoms with Crippen LogP contribution < -0.4 is 0 Å². The molecule has 2 aromatic rings. The summed E-state index contributed by atoms with van der Waals surface area (Å²) in [5.74, 6) is -0.0163. The molecule has 6 heteroatoms. The summed E-state index contributed by atoms with van der Waals surface area (Å²) in [6.07, 6.45) is 3.55. The van der Waals surface area contributed by atoms with E-state index in [1.165, 1.54) is 11.3 Å². The summed E-state index contributed by atoms with van der Waals surface area (Å²) >= 11 is 1.48. The first-order chi connectivity index (χ1) is 9.75. The van der Waals surface area contributed by atoms with Gasteiger partial charge in [-0.2, -0.15) is 0 Å². The molecule has 0 N–H and O–H groups in total. The van der Waals surface area contributed by atoms with Crippen LogP contribution in [0, 0.1) is 6.92 Å². The van der Waals surface area contributed by atoms with Crippen LogP contribution in [0.3, 0.4) is 0 Å². The van der Waals surface area contributed by atoms with Gasteiger partial charge in [0.25, 0.3) is 5.91 Å². The van der Waals surface area contributed by atoms with Gasteiger partial charge in [0.1, 0.15) is 10.7 Å². The minimum atomic E-state index is -0.0163. The zero-order valence-corrected chi connectivity index (χ0v) is 12.0. The highest BCUT2D eigenvalue weighted by Gasteiger charge is 2.21. The Bertz CT molecular complexity index is 620.